The Morgan fingerprint density at radius 3 is 1.30 bits per heavy atom. The Bertz CT molecular complexity index is 789. The summed E-state index contributed by atoms with van der Waals surface area (Å²) in [6, 6.07) is 0. The second-order valence-corrected chi connectivity index (χ2v) is 14.1. The molecule has 0 aliphatic rings. The van der Waals surface area contributed by atoms with Gasteiger partial charge in [-0.15, -0.1) is 0 Å². The zero-order chi connectivity index (χ0) is 32.7. The van der Waals surface area contributed by atoms with E-state index in [1.165, 1.54) is 131 Å². The number of esters is 1. The van der Waals surface area contributed by atoms with Crippen molar-refractivity contribution >= 4 is 5.97 Å². The van der Waals surface area contributed by atoms with Gasteiger partial charge in [-0.3, -0.25) is 4.79 Å². The summed E-state index contributed by atoms with van der Waals surface area (Å²) >= 11 is 0. The SMILES string of the molecule is CCCCCCCCCCCCCCCCCCCCCC(=O)OC(/C=C(\C)CCC=C(C)C)C/C=C(\C)CCC=C(C)C. The molecule has 1 atom stereocenters. The van der Waals surface area contributed by atoms with Crippen LogP contribution < -0.4 is 0 Å². The molecule has 0 heterocycles. The van der Waals surface area contributed by atoms with Crippen molar-refractivity contribution in [2.24, 2.45) is 0 Å². The normalized spacial score (nSPS) is 12.7. The quantitative estimate of drug-likeness (QED) is 0.0458. The molecule has 0 radical (unpaired) electrons. The van der Waals surface area contributed by atoms with Crippen molar-refractivity contribution in [2.45, 2.75) is 215 Å². The second-order valence-electron chi connectivity index (χ2n) is 14.1. The topological polar surface area (TPSA) is 26.3 Å². The van der Waals surface area contributed by atoms with E-state index >= 15 is 0 Å². The first-order valence-electron chi connectivity index (χ1n) is 19.0. The van der Waals surface area contributed by atoms with Gasteiger partial charge in [0.15, 0.2) is 0 Å². The Labute approximate surface area is 276 Å². The van der Waals surface area contributed by atoms with E-state index in [1.54, 1.807) is 0 Å². The highest BCUT2D eigenvalue weighted by Crippen LogP contribution is 2.17. The summed E-state index contributed by atoms with van der Waals surface area (Å²) < 4.78 is 5.99. The molecule has 44 heavy (non-hydrogen) atoms. The van der Waals surface area contributed by atoms with Crippen LogP contribution in [-0.2, 0) is 9.53 Å². The van der Waals surface area contributed by atoms with Crippen molar-refractivity contribution in [1.82, 2.24) is 0 Å². The highest BCUT2D eigenvalue weighted by Gasteiger charge is 2.12. The van der Waals surface area contributed by atoms with Gasteiger partial charge in [0.1, 0.15) is 6.10 Å². The highest BCUT2D eigenvalue weighted by molar-refractivity contribution is 5.69. The van der Waals surface area contributed by atoms with Gasteiger partial charge in [0.2, 0.25) is 0 Å². The summed E-state index contributed by atoms with van der Waals surface area (Å²) in [7, 11) is 0. The first kappa shape index (κ1) is 42.4. The van der Waals surface area contributed by atoms with Crippen molar-refractivity contribution in [1.29, 1.82) is 0 Å². The summed E-state index contributed by atoms with van der Waals surface area (Å²) in [6.45, 7) is 15.3. The van der Waals surface area contributed by atoms with Crippen LogP contribution in [0.2, 0.25) is 0 Å². The van der Waals surface area contributed by atoms with E-state index in [4.69, 9.17) is 4.74 Å². The lowest BCUT2D eigenvalue weighted by atomic mass is 10.0. The lowest BCUT2D eigenvalue weighted by Gasteiger charge is -2.15. The molecular formula is C42H76O2. The van der Waals surface area contributed by atoms with Crippen LogP contribution in [0.15, 0.2) is 46.6 Å². The Morgan fingerprint density at radius 2 is 0.886 bits per heavy atom. The molecule has 2 heteroatoms. The van der Waals surface area contributed by atoms with Crippen molar-refractivity contribution in [3.05, 3.63) is 46.6 Å². The number of ether oxygens (including phenoxy) is 1. The van der Waals surface area contributed by atoms with Gasteiger partial charge in [0.05, 0.1) is 0 Å². The minimum Gasteiger partial charge on any atom is -0.458 e. The number of carbonyl (C=O) groups excluding carboxylic acids is 1. The van der Waals surface area contributed by atoms with Gasteiger partial charge in [-0.1, -0.05) is 163 Å². The van der Waals surface area contributed by atoms with E-state index in [0.717, 1.165) is 44.9 Å². The van der Waals surface area contributed by atoms with E-state index in [9.17, 15) is 4.79 Å². The zero-order valence-electron chi connectivity index (χ0n) is 30.9. The van der Waals surface area contributed by atoms with Crippen molar-refractivity contribution in [2.75, 3.05) is 0 Å². The molecule has 1 unspecified atom stereocenters. The molecule has 0 aliphatic carbocycles. The fraction of sp³-hybridized carbons (Fsp3) is 0.786. The van der Waals surface area contributed by atoms with Gasteiger partial charge < -0.3 is 4.74 Å². The summed E-state index contributed by atoms with van der Waals surface area (Å²) in [5, 5.41) is 0. The summed E-state index contributed by atoms with van der Waals surface area (Å²) in [6.07, 6.45) is 40.3. The molecule has 0 aromatic carbocycles. The number of rotatable bonds is 30. The van der Waals surface area contributed by atoms with Crippen LogP contribution in [0.5, 0.6) is 0 Å². The number of unbranched alkanes of at least 4 members (excludes halogenated alkanes) is 18. The summed E-state index contributed by atoms with van der Waals surface area (Å²) in [4.78, 5) is 12.7. The van der Waals surface area contributed by atoms with E-state index in [0.29, 0.717) is 6.42 Å². The molecule has 0 saturated carbocycles. The van der Waals surface area contributed by atoms with Crippen LogP contribution >= 0.6 is 0 Å². The fourth-order valence-corrected chi connectivity index (χ4v) is 5.72. The number of carbonyl (C=O) groups is 1. The predicted molar refractivity (Wildman–Crippen MR) is 197 cm³/mol. The molecule has 0 aliphatic heterocycles. The van der Waals surface area contributed by atoms with Gasteiger partial charge in [0, 0.05) is 12.8 Å². The molecule has 0 amide bonds. The van der Waals surface area contributed by atoms with Crippen molar-refractivity contribution in [3.8, 4) is 0 Å². The maximum atomic E-state index is 12.7. The van der Waals surface area contributed by atoms with Gasteiger partial charge in [-0.2, -0.15) is 0 Å². The molecule has 0 fully saturated rings. The fourth-order valence-electron chi connectivity index (χ4n) is 5.72. The second kappa shape index (κ2) is 31.4. The van der Waals surface area contributed by atoms with Crippen LogP contribution in [0.25, 0.3) is 0 Å². The number of hydrogen-bond acceptors (Lipinski definition) is 2. The highest BCUT2D eigenvalue weighted by atomic mass is 16.5. The van der Waals surface area contributed by atoms with Crippen LogP contribution in [0.4, 0.5) is 0 Å². The lowest BCUT2D eigenvalue weighted by Crippen LogP contribution is -2.16. The molecule has 0 rings (SSSR count). The minimum atomic E-state index is -0.159. The molecule has 2 nitrogen and oxygen atoms in total. The van der Waals surface area contributed by atoms with E-state index < -0.39 is 0 Å². The first-order valence-corrected chi connectivity index (χ1v) is 19.0. The molecule has 0 aromatic heterocycles. The van der Waals surface area contributed by atoms with Gasteiger partial charge in [-0.05, 0) is 79.7 Å². The monoisotopic (exact) mass is 613 g/mol. The largest absolute Gasteiger partial charge is 0.458 e. The minimum absolute atomic E-state index is 0.0362. The Kier molecular flexibility index (Phi) is 30.3. The average molecular weight is 613 g/mol. The van der Waals surface area contributed by atoms with Gasteiger partial charge in [-0.25, -0.2) is 0 Å². The summed E-state index contributed by atoms with van der Waals surface area (Å²) in [5.74, 6) is -0.0362. The first-order chi connectivity index (χ1) is 21.2. The van der Waals surface area contributed by atoms with E-state index in [2.05, 4.69) is 72.8 Å². The third-order valence-electron chi connectivity index (χ3n) is 8.62. The van der Waals surface area contributed by atoms with E-state index in [-0.39, 0.29) is 12.1 Å². The maximum Gasteiger partial charge on any atom is 0.306 e. The predicted octanol–water partition coefficient (Wildman–Crippen LogP) is 14.5. The van der Waals surface area contributed by atoms with Crippen LogP contribution in [-0.4, -0.2) is 12.1 Å². The lowest BCUT2D eigenvalue weighted by molar-refractivity contribution is -0.146. The Morgan fingerprint density at radius 1 is 0.500 bits per heavy atom. The molecule has 0 bridgehead atoms. The van der Waals surface area contributed by atoms with Crippen LogP contribution in [0.3, 0.4) is 0 Å². The smallest absolute Gasteiger partial charge is 0.306 e. The Hall–Kier alpha value is -1.57. The maximum absolute atomic E-state index is 12.7. The molecule has 0 aromatic rings. The van der Waals surface area contributed by atoms with Gasteiger partial charge in [0.25, 0.3) is 0 Å². The van der Waals surface area contributed by atoms with Crippen molar-refractivity contribution < 1.29 is 9.53 Å². The van der Waals surface area contributed by atoms with Crippen LogP contribution in [0, 0.1) is 0 Å². The molecule has 0 saturated heterocycles. The van der Waals surface area contributed by atoms with E-state index in [1.807, 2.05) is 0 Å². The third kappa shape index (κ3) is 31.8. The number of allylic oxidation sites excluding steroid dienone is 6. The molecule has 0 N–H and O–H groups in total. The van der Waals surface area contributed by atoms with Crippen molar-refractivity contribution in [3.63, 3.8) is 0 Å². The zero-order valence-corrected chi connectivity index (χ0v) is 30.9. The van der Waals surface area contributed by atoms with Crippen LogP contribution in [0.1, 0.15) is 209 Å². The molecular weight excluding hydrogens is 536 g/mol. The molecule has 0 spiro atoms. The number of hydrogen-bond donors (Lipinski definition) is 0. The molecule has 256 valence electrons. The average Bonchev–Trinajstić information content (AvgIpc) is 2.96. The van der Waals surface area contributed by atoms with Gasteiger partial charge >= 0.3 is 5.97 Å². The third-order valence-corrected chi connectivity index (χ3v) is 8.62. The summed E-state index contributed by atoms with van der Waals surface area (Å²) in [5.41, 5.74) is 5.40. The standard InChI is InChI=1S/C42H76O2/c1-8-9-10-11-12-13-14-15-16-17-18-19-20-21-22-23-24-25-26-33-42(43)44-41(36-40(7)32-28-30-38(4)5)35-34-39(6)31-27-29-37(2)3/h29-30,34,36,41H,8-28,31-33,35H2,1-7H3/b39-34+,40-36+. The Balaban J connectivity index is 4.09.